The number of carbonyl (C=O) groups excluding carboxylic acids is 3. The number of carbonyl (C=O) groups is 3. The number of hydrogen-bond donors (Lipinski definition) is 0. The molecule has 1 unspecified atom stereocenters. The second kappa shape index (κ2) is 59.4. The summed E-state index contributed by atoms with van der Waals surface area (Å²) in [6.07, 6.45) is 81.9. The van der Waals surface area contributed by atoms with Crippen LogP contribution in [-0.4, -0.2) is 37.2 Å². The van der Waals surface area contributed by atoms with E-state index in [0.29, 0.717) is 19.3 Å². The van der Waals surface area contributed by atoms with E-state index in [0.717, 1.165) is 135 Å². The topological polar surface area (TPSA) is 78.9 Å². The molecule has 0 fully saturated rings. The Morgan fingerprint density at radius 2 is 0.542 bits per heavy atom. The average Bonchev–Trinajstić information content (AvgIpc) is 3.38. The second-order valence-corrected chi connectivity index (χ2v) is 19.1. The van der Waals surface area contributed by atoms with Gasteiger partial charge in [-0.15, -0.1) is 0 Å². The first-order valence-corrected chi connectivity index (χ1v) is 29.5. The summed E-state index contributed by atoms with van der Waals surface area (Å²) in [7, 11) is 0. The fourth-order valence-electron chi connectivity index (χ4n) is 7.85. The molecule has 1 atom stereocenters. The lowest BCUT2D eigenvalue weighted by Crippen LogP contribution is -2.30. The largest absolute Gasteiger partial charge is 0.462 e. The van der Waals surface area contributed by atoms with Crippen molar-refractivity contribution in [3.63, 3.8) is 0 Å². The highest BCUT2D eigenvalue weighted by atomic mass is 16.6. The van der Waals surface area contributed by atoms with Gasteiger partial charge in [-0.2, -0.15) is 0 Å². The van der Waals surface area contributed by atoms with Crippen LogP contribution in [0.1, 0.15) is 258 Å². The van der Waals surface area contributed by atoms with E-state index in [1.807, 2.05) is 0 Å². The zero-order chi connectivity index (χ0) is 52.2. The Labute approximate surface area is 443 Å². The van der Waals surface area contributed by atoms with Crippen molar-refractivity contribution in [1.29, 1.82) is 0 Å². The van der Waals surface area contributed by atoms with Gasteiger partial charge in [0.25, 0.3) is 0 Å². The monoisotopic (exact) mass is 997 g/mol. The van der Waals surface area contributed by atoms with Crippen LogP contribution in [-0.2, 0) is 28.6 Å². The van der Waals surface area contributed by atoms with Crippen LogP contribution in [0.5, 0.6) is 0 Å². The molecule has 0 N–H and O–H groups in total. The Morgan fingerprint density at radius 1 is 0.292 bits per heavy atom. The fourth-order valence-corrected chi connectivity index (χ4v) is 7.85. The van der Waals surface area contributed by atoms with Crippen molar-refractivity contribution in [2.75, 3.05) is 13.2 Å². The van der Waals surface area contributed by atoms with Gasteiger partial charge < -0.3 is 14.2 Å². The maximum atomic E-state index is 12.9. The van der Waals surface area contributed by atoms with Crippen molar-refractivity contribution in [2.45, 2.75) is 264 Å². The lowest BCUT2D eigenvalue weighted by atomic mass is 10.0. The van der Waals surface area contributed by atoms with Crippen molar-refractivity contribution in [1.82, 2.24) is 0 Å². The summed E-state index contributed by atoms with van der Waals surface area (Å²) in [5.41, 5.74) is 0. The molecule has 0 aromatic carbocycles. The molecule has 0 aromatic heterocycles. The van der Waals surface area contributed by atoms with Crippen molar-refractivity contribution in [2.24, 2.45) is 0 Å². The van der Waals surface area contributed by atoms with Crippen LogP contribution in [0, 0.1) is 0 Å². The summed E-state index contributed by atoms with van der Waals surface area (Å²) in [4.78, 5) is 38.2. The van der Waals surface area contributed by atoms with Crippen LogP contribution in [0.3, 0.4) is 0 Å². The van der Waals surface area contributed by atoms with Crippen LogP contribution < -0.4 is 0 Å². The summed E-state index contributed by atoms with van der Waals surface area (Å²) >= 11 is 0. The third-order valence-electron chi connectivity index (χ3n) is 12.2. The van der Waals surface area contributed by atoms with E-state index in [-0.39, 0.29) is 31.1 Å². The van der Waals surface area contributed by atoms with E-state index < -0.39 is 6.10 Å². The highest BCUT2D eigenvalue weighted by Crippen LogP contribution is 2.15. The van der Waals surface area contributed by atoms with Gasteiger partial charge in [0.15, 0.2) is 6.10 Å². The van der Waals surface area contributed by atoms with Gasteiger partial charge in [0.2, 0.25) is 0 Å². The highest BCUT2D eigenvalue weighted by molar-refractivity contribution is 5.71. The number of rotatable bonds is 52. The van der Waals surface area contributed by atoms with E-state index >= 15 is 0 Å². The average molecular weight is 998 g/mol. The molecule has 72 heavy (non-hydrogen) atoms. The third-order valence-corrected chi connectivity index (χ3v) is 12.2. The van der Waals surface area contributed by atoms with Gasteiger partial charge in [0, 0.05) is 19.3 Å². The molecule has 6 heteroatoms. The number of esters is 3. The van der Waals surface area contributed by atoms with Gasteiger partial charge in [-0.25, -0.2) is 0 Å². The van der Waals surface area contributed by atoms with Gasteiger partial charge in [-0.05, 0) is 109 Å². The molecule has 0 rings (SSSR count). The highest BCUT2D eigenvalue weighted by Gasteiger charge is 2.19. The Hall–Kier alpha value is -4.19. The minimum Gasteiger partial charge on any atom is -0.462 e. The quantitative estimate of drug-likeness (QED) is 0.0261. The van der Waals surface area contributed by atoms with Crippen LogP contribution in [0.2, 0.25) is 0 Å². The predicted molar refractivity (Wildman–Crippen MR) is 311 cm³/mol. The van der Waals surface area contributed by atoms with Crippen LogP contribution in [0.15, 0.2) is 122 Å². The van der Waals surface area contributed by atoms with E-state index in [1.165, 1.54) is 83.5 Å². The standard InChI is InChI=1S/C66H108O6/c1-4-7-10-13-16-19-22-25-27-29-30-31-32-33-34-35-36-38-39-41-44-47-50-53-56-59-65(68)71-62-63(61-70-64(67)58-55-52-49-46-43-24-21-18-15-12-9-6-3)72-66(69)60-57-54-51-48-45-42-40-37-28-26-23-20-17-14-11-8-5-2/h7-8,10-11,16-17,19-20,25-28,30-31,33-34,36,38,41,44,63H,4-6,9,12-15,18,21-24,29,32,35,37,39-40,42-43,45-62H2,1-3H3/b10-7-,11-8-,19-16-,20-17-,27-25-,28-26-,31-30-,34-33-,38-36-,44-41-. The lowest BCUT2D eigenvalue weighted by molar-refractivity contribution is -0.167. The fraction of sp³-hybridized carbons (Fsp3) is 0.652. The number of allylic oxidation sites excluding steroid dienone is 20. The molecule has 0 aliphatic heterocycles. The predicted octanol–water partition coefficient (Wildman–Crippen LogP) is 20.0. The molecule has 0 aromatic rings. The van der Waals surface area contributed by atoms with E-state index in [9.17, 15) is 14.4 Å². The lowest BCUT2D eigenvalue weighted by Gasteiger charge is -2.18. The van der Waals surface area contributed by atoms with Gasteiger partial charge >= 0.3 is 17.9 Å². The first kappa shape index (κ1) is 67.8. The minimum atomic E-state index is -0.799. The van der Waals surface area contributed by atoms with Crippen LogP contribution in [0.25, 0.3) is 0 Å². The molecule has 0 saturated heterocycles. The molecule has 0 spiro atoms. The summed E-state index contributed by atoms with van der Waals surface area (Å²) < 4.78 is 16.8. The first-order chi connectivity index (χ1) is 35.5. The minimum absolute atomic E-state index is 0.0937. The van der Waals surface area contributed by atoms with Crippen molar-refractivity contribution in [3.8, 4) is 0 Å². The summed E-state index contributed by atoms with van der Waals surface area (Å²) in [6, 6.07) is 0. The molecule has 0 saturated carbocycles. The summed E-state index contributed by atoms with van der Waals surface area (Å²) in [6.45, 7) is 6.38. The zero-order valence-electron chi connectivity index (χ0n) is 46.7. The van der Waals surface area contributed by atoms with E-state index in [4.69, 9.17) is 14.2 Å². The zero-order valence-corrected chi connectivity index (χ0v) is 46.7. The Morgan fingerprint density at radius 3 is 0.861 bits per heavy atom. The summed E-state index contributed by atoms with van der Waals surface area (Å²) in [5, 5.41) is 0. The maximum absolute atomic E-state index is 12.9. The molecule has 0 aliphatic carbocycles. The Balaban J connectivity index is 4.43. The van der Waals surface area contributed by atoms with Gasteiger partial charge in [0.1, 0.15) is 13.2 Å². The third kappa shape index (κ3) is 56.7. The molecule has 0 radical (unpaired) electrons. The Kier molecular flexibility index (Phi) is 55.9. The van der Waals surface area contributed by atoms with E-state index in [1.54, 1.807) is 0 Å². The SMILES string of the molecule is CC/C=C\C/C=C\C/C=C\C/C=C\C/C=C\C/C=C\C/C=C\CCCCCC(=O)OCC(COC(=O)CCCCCCCCCCCCCC)OC(=O)CCCCCCCCC/C=C\C/C=C\C/C=C\CC. The molecule has 6 nitrogen and oxygen atoms in total. The second-order valence-electron chi connectivity index (χ2n) is 19.1. The van der Waals surface area contributed by atoms with Gasteiger partial charge in [0.05, 0.1) is 0 Å². The van der Waals surface area contributed by atoms with Crippen molar-refractivity contribution < 1.29 is 28.6 Å². The van der Waals surface area contributed by atoms with Crippen molar-refractivity contribution in [3.05, 3.63) is 122 Å². The van der Waals surface area contributed by atoms with Crippen molar-refractivity contribution >= 4 is 17.9 Å². The van der Waals surface area contributed by atoms with Crippen LogP contribution >= 0.6 is 0 Å². The molecule has 408 valence electrons. The first-order valence-electron chi connectivity index (χ1n) is 29.5. The smallest absolute Gasteiger partial charge is 0.306 e. The maximum Gasteiger partial charge on any atom is 0.306 e. The number of hydrogen-bond acceptors (Lipinski definition) is 6. The number of ether oxygens (including phenoxy) is 3. The Bertz CT molecular complexity index is 1520. The van der Waals surface area contributed by atoms with Gasteiger partial charge in [-0.3, -0.25) is 14.4 Å². The molecule has 0 heterocycles. The number of unbranched alkanes of at least 4 members (excludes halogenated alkanes) is 21. The van der Waals surface area contributed by atoms with E-state index in [2.05, 4.69) is 142 Å². The summed E-state index contributed by atoms with van der Waals surface area (Å²) in [5.74, 6) is -0.938. The molecule has 0 aliphatic rings. The van der Waals surface area contributed by atoms with Crippen LogP contribution in [0.4, 0.5) is 0 Å². The van der Waals surface area contributed by atoms with Gasteiger partial charge in [-0.1, -0.05) is 251 Å². The molecular formula is C66H108O6. The molecule has 0 bridgehead atoms. The molecular weight excluding hydrogens is 889 g/mol. The molecule has 0 amide bonds. The normalized spacial score (nSPS) is 13.0.